The molecule has 1 nitrogen and oxygen atoms in total. The van der Waals surface area contributed by atoms with E-state index in [-0.39, 0.29) is 10.8 Å². The molecule has 100 valence electrons. The van der Waals surface area contributed by atoms with Gasteiger partial charge in [-0.2, -0.15) is 0 Å². The predicted octanol–water partition coefficient (Wildman–Crippen LogP) is 5.27. The van der Waals surface area contributed by atoms with Crippen molar-refractivity contribution in [2.75, 3.05) is 11.4 Å². The molecule has 0 radical (unpaired) electrons. The molecule has 0 saturated carbocycles. The highest BCUT2D eigenvalue weighted by atomic mass is 79.9. The highest BCUT2D eigenvalue weighted by Crippen LogP contribution is 2.23. The van der Waals surface area contributed by atoms with Gasteiger partial charge in [0.2, 0.25) is 0 Å². The van der Waals surface area contributed by atoms with Crippen LogP contribution in [0.5, 0.6) is 0 Å². The van der Waals surface area contributed by atoms with Gasteiger partial charge in [0.1, 0.15) is 5.82 Å². The molecule has 2 aromatic rings. The summed E-state index contributed by atoms with van der Waals surface area (Å²) in [7, 11) is 0. The minimum Gasteiger partial charge on any atom is -0.367 e. The molecule has 0 atom stereocenters. The maximum absolute atomic E-state index is 13.5. The standard InChI is InChI=1S/C15H14BrClFN/c1-2-19(10-11-4-3-5-12(16)8-11)13-6-7-14(17)15(18)9-13/h3-9H,2,10H2,1H3. The van der Waals surface area contributed by atoms with Gasteiger partial charge < -0.3 is 4.90 Å². The topological polar surface area (TPSA) is 3.24 Å². The van der Waals surface area contributed by atoms with Gasteiger partial charge in [0.25, 0.3) is 0 Å². The van der Waals surface area contributed by atoms with E-state index >= 15 is 0 Å². The molecule has 0 bridgehead atoms. The third kappa shape index (κ3) is 3.71. The Balaban J connectivity index is 2.22. The molecule has 0 aliphatic heterocycles. The van der Waals surface area contributed by atoms with Gasteiger partial charge in [-0.15, -0.1) is 0 Å². The fraction of sp³-hybridized carbons (Fsp3) is 0.200. The summed E-state index contributed by atoms with van der Waals surface area (Å²) < 4.78 is 14.6. The van der Waals surface area contributed by atoms with Crippen LogP contribution in [0.3, 0.4) is 0 Å². The number of nitrogens with zero attached hydrogens (tertiary/aromatic N) is 1. The van der Waals surface area contributed by atoms with Crippen molar-refractivity contribution in [3.63, 3.8) is 0 Å². The number of halogens is 3. The summed E-state index contributed by atoms with van der Waals surface area (Å²) in [5.74, 6) is -0.383. The summed E-state index contributed by atoms with van der Waals surface area (Å²) in [5, 5.41) is 0.155. The van der Waals surface area contributed by atoms with Gasteiger partial charge in [0.05, 0.1) is 5.02 Å². The van der Waals surface area contributed by atoms with E-state index in [1.807, 2.05) is 25.1 Å². The first-order valence-electron chi connectivity index (χ1n) is 6.04. The molecule has 0 unspecified atom stereocenters. The van der Waals surface area contributed by atoms with Gasteiger partial charge in [0, 0.05) is 23.2 Å². The third-order valence-electron chi connectivity index (χ3n) is 2.91. The van der Waals surface area contributed by atoms with Crippen molar-refractivity contribution in [1.29, 1.82) is 0 Å². The second kappa shape index (κ2) is 6.40. The van der Waals surface area contributed by atoms with Crippen molar-refractivity contribution in [3.8, 4) is 0 Å². The monoisotopic (exact) mass is 341 g/mol. The lowest BCUT2D eigenvalue weighted by Gasteiger charge is -2.23. The van der Waals surface area contributed by atoms with Crippen molar-refractivity contribution < 1.29 is 4.39 Å². The normalized spacial score (nSPS) is 10.5. The molecule has 0 N–H and O–H groups in total. The molecule has 0 aliphatic carbocycles. The first-order valence-corrected chi connectivity index (χ1v) is 7.21. The van der Waals surface area contributed by atoms with Crippen molar-refractivity contribution in [1.82, 2.24) is 0 Å². The maximum Gasteiger partial charge on any atom is 0.143 e. The van der Waals surface area contributed by atoms with Crippen LogP contribution in [0.15, 0.2) is 46.9 Å². The Morgan fingerprint density at radius 2 is 2.00 bits per heavy atom. The van der Waals surface area contributed by atoms with Crippen LogP contribution < -0.4 is 4.90 Å². The lowest BCUT2D eigenvalue weighted by atomic mass is 10.2. The Morgan fingerprint density at radius 3 is 2.63 bits per heavy atom. The molecule has 0 spiro atoms. The van der Waals surface area contributed by atoms with Crippen LogP contribution in [0.2, 0.25) is 5.02 Å². The molecule has 0 aromatic heterocycles. The van der Waals surface area contributed by atoms with Gasteiger partial charge in [-0.3, -0.25) is 0 Å². The van der Waals surface area contributed by atoms with E-state index in [1.165, 1.54) is 11.6 Å². The second-order valence-electron chi connectivity index (χ2n) is 4.24. The average molecular weight is 343 g/mol. The van der Waals surface area contributed by atoms with Gasteiger partial charge >= 0.3 is 0 Å². The Hall–Kier alpha value is -1.06. The van der Waals surface area contributed by atoms with E-state index in [2.05, 4.69) is 33.0 Å². The minimum absolute atomic E-state index is 0.155. The fourth-order valence-electron chi connectivity index (χ4n) is 1.92. The molecule has 0 saturated heterocycles. The number of hydrogen-bond donors (Lipinski definition) is 0. The van der Waals surface area contributed by atoms with Crippen LogP contribution in [0.4, 0.5) is 10.1 Å². The second-order valence-corrected chi connectivity index (χ2v) is 5.57. The first kappa shape index (κ1) is 14.4. The van der Waals surface area contributed by atoms with Crippen LogP contribution in [-0.2, 0) is 6.54 Å². The van der Waals surface area contributed by atoms with Gasteiger partial charge in [0.15, 0.2) is 0 Å². The molecule has 0 fully saturated rings. The zero-order valence-electron chi connectivity index (χ0n) is 10.5. The lowest BCUT2D eigenvalue weighted by molar-refractivity contribution is 0.627. The molecule has 0 heterocycles. The Kier molecular flexibility index (Phi) is 4.83. The number of hydrogen-bond acceptors (Lipinski definition) is 1. The van der Waals surface area contributed by atoms with Gasteiger partial charge in [-0.1, -0.05) is 39.7 Å². The number of rotatable bonds is 4. The maximum atomic E-state index is 13.5. The Morgan fingerprint density at radius 1 is 1.21 bits per heavy atom. The smallest absolute Gasteiger partial charge is 0.143 e. The summed E-state index contributed by atoms with van der Waals surface area (Å²) in [6.07, 6.45) is 0. The van der Waals surface area contributed by atoms with E-state index in [1.54, 1.807) is 6.07 Å². The highest BCUT2D eigenvalue weighted by molar-refractivity contribution is 9.10. The summed E-state index contributed by atoms with van der Waals surface area (Å²) in [5.41, 5.74) is 2.01. The fourth-order valence-corrected chi connectivity index (χ4v) is 2.49. The molecule has 4 heteroatoms. The summed E-state index contributed by atoms with van der Waals surface area (Å²) in [6.45, 7) is 3.58. The van der Waals surface area contributed by atoms with Crippen molar-refractivity contribution in [3.05, 3.63) is 63.3 Å². The van der Waals surface area contributed by atoms with Crippen LogP contribution in [0.1, 0.15) is 12.5 Å². The van der Waals surface area contributed by atoms with E-state index in [0.717, 1.165) is 23.2 Å². The molecular weight excluding hydrogens is 329 g/mol. The van der Waals surface area contributed by atoms with E-state index in [9.17, 15) is 4.39 Å². The molecule has 0 aliphatic rings. The van der Waals surface area contributed by atoms with Crippen LogP contribution in [-0.4, -0.2) is 6.54 Å². The van der Waals surface area contributed by atoms with Crippen LogP contribution >= 0.6 is 27.5 Å². The average Bonchev–Trinajstić information content (AvgIpc) is 2.39. The van der Waals surface area contributed by atoms with Crippen LogP contribution in [0, 0.1) is 5.82 Å². The van der Waals surface area contributed by atoms with Gasteiger partial charge in [-0.05, 0) is 42.8 Å². The zero-order valence-corrected chi connectivity index (χ0v) is 12.9. The summed E-state index contributed by atoms with van der Waals surface area (Å²) in [4.78, 5) is 2.10. The molecular formula is C15H14BrClFN. The predicted molar refractivity (Wildman–Crippen MR) is 82.3 cm³/mol. The summed E-state index contributed by atoms with van der Waals surface area (Å²) in [6, 6.07) is 13.0. The van der Waals surface area contributed by atoms with Crippen molar-refractivity contribution in [2.45, 2.75) is 13.5 Å². The molecule has 2 aromatic carbocycles. The number of anilines is 1. The Labute approximate surface area is 126 Å². The SMILES string of the molecule is CCN(Cc1cccc(Br)c1)c1ccc(Cl)c(F)c1. The zero-order chi connectivity index (χ0) is 13.8. The molecule has 19 heavy (non-hydrogen) atoms. The largest absolute Gasteiger partial charge is 0.367 e. The minimum atomic E-state index is -0.383. The van der Waals surface area contributed by atoms with E-state index < -0.39 is 0 Å². The van der Waals surface area contributed by atoms with Crippen molar-refractivity contribution >= 4 is 33.2 Å². The number of benzene rings is 2. The quantitative estimate of drug-likeness (QED) is 0.732. The van der Waals surface area contributed by atoms with E-state index in [0.29, 0.717) is 0 Å². The third-order valence-corrected chi connectivity index (χ3v) is 3.71. The summed E-state index contributed by atoms with van der Waals surface area (Å²) >= 11 is 9.17. The van der Waals surface area contributed by atoms with E-state index in [4.69, 9.17) is 11.6 Å². The molecule has 2 rings (SSSR count). The van der Waals surface area contributed by atoms with Gasteiger partial charge in [-0.25, -0.2) is 4.39 Å². The molecule has 0 amide bonds. The van der Waals surface area contributed by atoms with Crippen LogP contribution in [0.25, 0.3) is 0 Å². The highest BCUT2D eigenvalue weighted by Gasteiger charge is 2.08. The lowest BCUT2D eigenvalue weighted by Crippen LogP contribution is -2.22. The van der Waals surface area contributed by atoms with Crippen molar-refractivity contribution in [2.24, 2.45) is 0 Å². The Bertz CT molecular complexity index is 574. The first-order chi connectivity index (χ1) is 9.10.